The Morgan fingerprint density at radius 1 is 0.800 bits per heavy atom. The molecule has 0 radical (unpaired) electrons. The van der Waals surface area contributed by atoms with Gasteiger partial charge in [-0.05, 0) is 92.2 Å². The quantitative estimate of drug-likeness (QED) is 0.805. The first-order valence-electron chi connectivity index (χ1n) is 10.2. The van der Waals surface area contributed by atoms with Gasteiger partial charge in [0, 0.05) is 13.1 Å². The minimum absolute atomic E-state index is 0.349. The Morgan fingerprint density at radius 3 is 1.84 bits per heavy atom. The van der Waals surface area contributed by atoms with E-state index < -0.39 is 10.0 Å². The van der Waals surface area contributed by atoms with Gasteiger partial charge in [0.25, 0.3) is 0 Å². The summed E-state index contributed by atoms with van der Waals surface area (Å²) in [6.07, 6.45) is 11.5. The Hall–Kier alpha value is -0.870. The number of benzene rings is 1. The van der Waals surface area contributed by atoms with E-state index in [2.05, 4.69) is 12.1 Å². The van der Waals surface area contributed by atoms with Crippen LogP contribution in [0.15, 0.2) is 29.2 Å². The fourth-order valence-electron chi connectivity index (χ4n) is 6.70. The van der Waals surface area contributed by atoms with Crippen LogP contribution in [0, 0.1) is 17.8 Å². The lowest BCUT2D eigenvalue weighted by molar-refractivity contribution is -0.00521. The maximum Gasteiger partial charge on any atom is 0.243 e. The predicted molar refractivity (Wildman–Crippen MR) is 98.9 cm³/mol. The van der Waals surface area contributed by atoms with Crippen molar-refractivity contribution >= 4 is 10.0 Å². The highest BCUT2D eigenvalue weighted by atomic mass is 32.2. The summed E-state index contributed by atoms with van der Waals surface area (Å²) in [6.45, 7) is 1.36. The van der Waals surface area contributed by atoms with Gasteiger partial charge in [0.2, 0.25) is 10.0 Å². The fraction of sp³-hybridized carbons (Fsp3) is 0.714. The molecule has 5 fully saturated rings. The second-order valence-corrected chi connectivity index (χ2v) is 11.1. The standard InChI is InChI=1S/C21H29NO2S/c23-25(24,22-8-2-1-3-9-22)20-6-4-19(5-7-20)21-13-16-10-17(14-21)12-18(11-16)15-21/h4-7,16-18H,1-3,8-15H2. The molecule has 1 saturated heterocycles. The lowest BCUT2D eigenvalue weighted by Crippen LogP contribution is -2.48. The Bertz CT molecular complexity index is 711. The zero-order chi connectivity index (χ0) is 17.1. The molecule has 0 N–H and O–H groups in total. The molecule has 25 heavy (non-hydrogen) atoms. The van der Waals surface area contributed by atoms with E-state index in [-0.39, 0.29) is 0 Å². The van der Waals surface area contributed by atoms with Crippen molar-refractivity contribution in [3.63, 3.8) is 0 Å². The number of rotatable bonds is 3. The first-order valence-corrected chi connectivity index (χ1v) is 11.6. The van der Waals surface area contributed by atoms with Gasteiger partial charge in [-0.15, -0.1) is 0 Å². The average molecular weight is 360 g/mol. The molecule has 1 aromatic rings. The van der Waals surface area contributed by atoms with E-state index in [0.29, 0.717) is 23.4 Å². The van der Waals surface area contributed by atoms with Gasteiger partial charge in [0.1, 0.15) is 0 Å². The summed E-state index contributed by atoms with van der Waals surface area (Å²) >= 11 is 0. The van der Waals surface area contributed by atoms with Gasteiger partial charge >= 0.3 is 0 Å². The maximum atomic E-state index is 12.9. The van der Waals surface area contributed by atoms with Gasteiger partial charge in [-0.25, -0.2) is 8.42 Å². The lowest BCUT2D eigenvalue weighted by atomic mass is 9.48. The highest BCUT2D eigenvalue weighted by molar-refractivity contribution is 7.89. The van der Waals surface area contributed by atoms with Gasteiger partial charge in [-0.3, -0.25) is 0 Å². The van der Waals surface area contributed by atoms with Gasteiger partial charge < -0.3 is 0 Å². The average Bonchev–Trinajstić information content (AvgIpc) is 2.61. The molecule has 0 spiro atoms. The Balaban J connectivity index is 1.42. The van der Waals surface area contributed by atoms with Crippen molar-refractivity contribution in [1.29, 1.82) is 0 Å². The Kier molecular flexibility index (Phi) is 3.80. The molecule has 136 valence electrons. The largest absolute Gasteiger partial charge is 0.243 e. The van der Waals surface area contributed by atoms with Gasteiger partial charge in [0.05, 0.1) is 4.90 Å². The van der Waals surface area contributed by atoms with E-state index in [9.17, 15) is 8.42 Å². The van der Waals surface area contributed by atoms with E-state index >= 15 is 0 Å². The third-order valence-corrected chi connectivity index (χ3v) is 9.37. The highest BCUT2D eigenvalue weighted by Gasteiger charge is 2.51. The van der Waals surface area contributed by atoms with Crippen molar-refractivity contribution in [2.24, 2.45) is 17.8 Å². The molecule has 1 aliphatic heterocycles. The second-order valence-electron chi connectivity index (χ2n) is 9.19. The van der Waals surface area contributed by atoms with E-state index in [0.717, 1.165) is 37.0 Å². The van der Waals surface area contributed by atoms with Crippen molar-refractivity contribution in [1.82, 2.24) is 4.31 Å². The molecular formula is C21H29NO2S. The molecule has 4 saturated carbocycles. The van der Waals surface area contributed by atoms with Crippen LogP contribution >= 0.6 is 0 Å². The smallest absolute Gasteiger partial charge is 0.207 e. The predicted octanol–water partition coefficient (Wildman–Crippen LogP) is 4.33. The molecular weight excluding hydrogens is 330 g/mol. The minimum atomic E-state index is -3.30. The van der Waals surface area contributed by atoms with E-state index in [1.165, 1.54) is 44.1 Å². The molecule has 0 amide bonds. The molecule has 1 aromatic carbocycles. The maximum absolute atomic E-state index is 12.9. The van der Waals surface area contributed by atoms with Crippen molar-refractivity contribution in [3.8, 4) is 0 Å². The zero-order valence-corrected chi connectivity index (χ0v) is 15.8. The number of hydrogen-bond donors (Lipinski definition) is 0. The summed E-state index contributed by atoms with van der Waals surface area (Å²) in [4.78, 5) is 0.489. The topological polar surface area (TPSA) is 37.4 Å². The van der Waals surface area contributed by atoms with Crippen LogP contribution in [0.4, 0.5) is 0 Å². The van der Waals surface area contributed by atoms with Crippen LogP contribution in [-0.2, 0) is 15.4 Å². The molecule has 1 heterocycles. The van der Waals surface area contributed by atoms with Crippen LogP contribution in [0.3, 0.4) is 0 Å². The Labute approximate surface area is 151 Å². The molecule has 4 aliphatic carbocycles. The van der Waals surface area contributed by atoms with Crippen molar-refractivity contribution in [3.05, 3.63) is 29.8 Å². The van der Waals surface area contributed by atoms with E-state index in [1.807, 2.05) is 12.1 Å². The first-order chi connectivity index (χ1) is 12.1. The monoisotopic (exact) mass is 359 g/mol. The summed E-state index contributed by atoms with van der Waals surface area (Å²) in [5.74, 6) is 2.76. The normalized spacial score (nSPS) is 38.2. The second kappa shape index (κ2) is 5.82. The number of hydrogen-bond acceptors (Lipinski definition) is 2. The van der Waals surface area contributed by atoms with Crippen LogP contribution in [-0.4, -0.2) is 25.8 Å². The minimum Gasteiger partial charge on any atom is -0.207 e. The molecule has 4 heteroatoms. The van der Waals surface area contributed by atoms with Crippen molar-refractivity contribution in [2.75, 3.05) is 13.1 Å². The van der Waals surface area contributed by atoms with E-state index in [4.69, 9.17) is 0 Å². The third kappa shape index (κ3) is 2.68. The van der Waals surface area contributed by atoms with Crippen LogP contribution < -0.4 is 0 Å². The van der Waals surface area contributed by atoms with Crippen molar-refractivity contribution < 1.29 is 8.42 Å². The third-order valence-electron chi connectivity index (χ3n) is 7.46. The molecule has 0 atom stereocenters. The Morgan fingerprint density at radius 2 is 1.32 bits per heavy atom. The zero-order valence-electron chi connectivity index (χ0n) is 15.0. The summed E-state index contributed by atoms with van der Waals surface area (Å²) < 4.78 is 27.4. The van der Waals surface area contributed by atoms with Crippen LogP contribution in [0.5, 0.6) is 0 Å². The molecule has 6 rings (SSSR count). The summed E-state index contributed by atoms with van der Waals surface area (Å²) in [7, 11) is -3.30. The summed E-state index contributed by atoms with van der Waals surface area (Å²) in [5, 5.41) is 0. The van der Waals surface area contributed by atoms with Gasteiger partial charge in [-0.2, -0.15) is 4.31 Å². The number of sulfonamides is 1. The molecule has 0 unspecified atom stereocenters. The lowest BCUT2D eigenvalue weighted by Gasteiger charge is -2.57. The summed E-state index contributed by atoms with van der Waals surface area (Å²) in [6, 6.07) is 8.06. The van der Waals surface area contributed by atoms with Gasteiger partial charge in [-0.1, -0.05) is 18.6 Å². The number of nitrogens with zero attached hydrogens (tertiary/aromatic N) is 1. The van der Waals surface area contributed by atoms with Crippen LogP contribution in [0.25, 0.3) is 0 Å². The molecule has 5 aliphatic rings. The summed E-state index contributed by atoms with van der Waals surface area (Å²) in [5.41, 5.74) is 1.76. The first kappa shape index (κ1) is 16.3. The van der Waals surface area contributed by atoms with Crippen LogP contribution in [0.2, 0.25) is 0 Å². The SMILES string of the molecule is O=S(=O)(c1ccc(C23CC4CC(CC(C4)C2)C3)cc1)N1CCCCC1. The highest BCUT2D eigenvalue weighted by Crippen LogP contribution is 2.60. The van der Waals surface area contributed by atoms with Crippen molar-refractivity contribution in [2.45, 2.75) is 68.1 Å². The van der Waals surface area contributed by atoms with E-state index in [1.54, 1.807) is 4.31 Å². The number of piperidine rings is 1. The van der Waals surface area contributed by atoms with Crippen LogP contribution in [0.1, 0.15) is 63.4 Å². The molecule has 3 nitrogen and oxygen atoms in total. The van der Waals surface area contributed by atoms with Gasteiger partial charge in [0.15, 0.2) is 0 Å². The fourth-order valence-corrected chi connectivity index (χ4v) is 8.22. The molecule has 0 aromatic heterocycles. The molecule has 4 bridgehead atoms.